The van der Waals surface area contributed by atoms with Gasteiger partial charge in [-0.2, -0.15) is 0 Å². The number of thioether (sulfide) groups is 2. The van der Waals surface area contributed by atoms with Crippen molar-refractivity contribution >= 4 is 35.4 Å². The fourth-order valence-corrected chi connectivity index (χ4v) is 6.83. The van der Waals surface area contributed by atoms with Crippen molar-refractivity contribution in [2.24, 2.45) is 13.0 Å². The van der Waals surface area contributed by atoms with Crippen LogP contribution >= 0.6 is 23.5 Å². The number of carbonyl (C=O) groups excluding carboxylic acids is 1. The van der Waals surface area contributed by atoms with E-state index in [0.717, 1.165) is 13.0 Å². The SMILES string of the molecule is C[C@@H](O)[C@H]1C(=O)N2C(C(=O)O)=C(S[C@@H]3CCn4c[n+](C)cc43)S[C@H]12. The third kappa shape index (κ3) is 2.21. The topological polar surface area (TPSA) is 86.7 Å². The van der Waals surface area contributed by atoms with Crippen LogP contribution in [0.15, 0.2) is 22.5 Å². The van der Waals surface area contributed by atoms with Gasteiger partial charge in [-0.3, -0.25) is 9.69 Å². The second-order valence-electron chi connectivity index (χ2n) is 6.35. The Hall–Kier alpha value is -1.45. The zero-order valence-electron chi connectivity index (χ0n) is 13.2. The largest absolute Gasteiger partial charge is 0.477 e. The number of hydrogen-bond acceptors (Lipinski definition) is 5. The van der Waals surface area contributed by atoms with E-state index in [0.29, 0.717) is 4.24 Å². The Balaban J connectivity index is 1.61. The van der Waals surface area contributed by atoms with E-state index in [1.54, 1.807) is 6.92 Å². The van der Waals surface area contributed by atoms with E-state index in [4.69, 9.17) is 0 Å². The molecule has 0 aliphatic carbocycles. The highest BCUT2D eigenvalue weighted by atomic mass is 32.2. The van der Waals surface area contributed by atoms with Gasteiger partial charge in [-0.25, -0.2) is 13.9 Å². The molecule has 0 aromatic carbocycles. The highest BCUT2D eigenvalue weighted by molar-refractivity contribution is 8.22. The molecule has 4 rings (SSSR count). The van der Waals surface area contributed by atoms with Crippen LogP contribution in [0, 0.1) is 5.92 Å². The number of rotatable bonds is 4. The minimum absolute atomic E-state index is 0.0753. The quantitative estimate of drug-likeness (QED) is 0.600. The number of aliphatic hydroxyl groups excluding tert-OH is 1. The third-order valence-corrected chi connectivity index (χ3v) is 7.57. The maximum absolute atomic E-state index is 12.2. The first kappa shape index (κ1) is 16.0. The zero-order valence-corrected chi connectivity index (χ0v) is 14.9. The highest BCUT2D eigenvalue weighted by Crippen LogP contribution is 2.57. The molecule has 128 valence electrons. The number of imidazole rings is 1. The summed E-state index contributed by atoms with van der Waals surface area (Å²) in [7, 11) is 1.97. The van der Waals surface area contributed by atoms with E-state index in [9.17, 15) is 19.8 Å². The molecule has 0 saturated carbocycles. The molecule has 1 aromatic heterocycles. The van der Waals surface area contributed by atoms with E-state index in [-0.39, 0.29) is 22.2 Å². The number of nitrogens with zero attached hydrogens (tertiary/aromatic N) is 3. The Morgan fingerprint density at radius 2 is 2.29 bits per heavy atom. The Bertz CT molecular complexity index is 773. The van der Waals surface area contributed by atoms with E-state index in [2.05, 4.69) is 10.8 Å². The number of carbonyl (C=O) groups is 2. The minimum Gasteiger partial charge on any atom is -0.477 e. The van der Waals surface area contributed by atoms with Crippen LogP contribution in [0.3, 0.4) is 0 Å². The smallest absolute Gasteiger partial charge is 0.354 e. The van der Waals surface area contributed by atoms with Crippen LogP contribution in [-0.4, -0.2) is 43.0 Å². The summed E-state index contributed by atoms with van der Waals surface area (Å²) in [6.45, 7) is 2.49. The molecule has 0 bridgehead atoms. The van der Waals surface area contributed by atoms with Crippen molar-refractivity contribution in [3.05, 3.63) is 28.2 Å². The molecule has 7 nitrogen and oxygen atoms in total. The van der Waals surface area contributed by atoms with E-state index >= 15 is 0 Å². The Labute approximate surface area is 147 Å². The van der Waals surface area contributed by atoms with Gasteiger partial charge in [-0.15, -0.1) is 11.8 Å². The molecule has 4 heterocycles. The predicted molar refractivity (Wildman–Crippen MR) is 88.6 cm³/mol. The van der Waals surface area contributed by atoms with Crippen molar-refractivity contribution in [3.63, 3.8) is 0 Å². The summed E-state index contributed by atoms with van der Waals surface area (Å²) in [4.78, 5) is 25.3. The number of aliphatic hydroxyl groups is 1. The van der Waals surface area contributed by atoms with Crippen molar-refractivity contribution in [3.8, 4) is 0 Å². The maximum Gasteiger partial charge on any atom is 0.354 e. The standard InChI is InChI=1S/C15H17N3O4S2/c1-7(19)10-12(20)18-11(14(21)22)15(24-13(10)18)23-9-3-4-17-6-16(2)5-8(9)17/h5-7,9-10,13,19H,3-4H2,1-2H3/p+1/t7-,9-,10+,13-/m1/s1. The van der Waals surface area contributed by atoms with Crippen molar-refractivity contribution in [2.45, 2.75) is 36.6 Å². The van der Waals surface area contributed by atoms with Gasteiger partial charge in [0.1, 0.15) is 11.6 Å². The van der Waals surface area contributed by atoms with Gasteiger partial charge in [-0.05, 0) is 6.92 Å². The summed E-state index contributed by atoms with van der Waals surface area (Å²) >= 11 is 2.92. The highest BCUT2D eigenvalue weighted by Gasteiger charge is 2.58. The first-order valence-corrected chi connectivity index (χ1v) is 9.51. The van der Waals surface area contributed by atoms with Gasteiger partial charge < -0.3 is 10.2 Å². The summed E-state index contributed by atoms with van der Waals surface area (Å²) in [5.41, 5.74) is 1.25. The number of fused-ring (bicyclic) bond motifs is 2. The van der Waals surface area contributed by atoms with Crippen molar-refractivity contribution in [2.75, 3.05) is 0 Å². The van der Waals surface area contributed by atoms with Crippen molar-refractivity contribution in [1.29, 1.82) is 0 Å². The molecule has 0 unspecified atom stereocenters. The number of aryl methyl sites for hydroxylation is 2. The van der Waals surface area contributed by atoms with E-state index in [1.165, 1.54) is 34.1 Å². The lowest BCUT2D eigenvalue weighted by molar-refractivity contribution is -0.671. The summed E-state index contributed by atoms with van der Waals surface area (Å²) in [6, 6.07) is 0. The second kappa shape index (κ2) is 5.53. The van der Waals surface area contributed by atoms with Crippen LogP contribution in [0.25, 0.3) is 0 Å². The molecule has 1 saturated heterocycles. The average Bonchev–Trinajstić information content (AvgIpc) is 3.11. The lowest BCUT2D eigenvalue weighted by Crippen LogP contribution is -2.60. The Morgan fingerprint density at radius 1 is 1.54 bits per heavy atom. The minimum atomic E-state index is -1.08. The summed E-state index contributed by atoms with van der Waals surface area (Å²) in [5.74, 6) is -1.90. The second-order valence-corrected chi connectivity index (χ2v) is 8.95. The van der Waals surface area contributed by atoms with Crippen LogP contribution < -0.4 is 4.57 Å². The first-order valence-electron chi connectivity index (χ1n) is 7.76. The number of hydrogen-bond donors (Lipinski definition) is 2. The number of β-lactam (4-membered cyclic amide) rings is 1. The molecule has 1 amide bonds. The fraction of sp³-hybridized carbons (Fsp3) is 0.533. The lowest BCUT2D eigenvalue weighted by Gasteiger charge is -2.43. The molecule has 2 N–H and O–H groups in total. The van der Waals surface area contributed by atoms with Gasteiger partial charge in [0.25, 0.3) is 0 Å². The number of amides is 1. The van der Waals surface area contributed by atoms with Gasteiger partial charge >= 0.3 is 5.97 Å². The van der Waals surface area contributed by atoms with Gasteiger partial charge in [0.05, 0.1) is 35.1 Å². The average molecular weight is 368 g/mol. The van der Waals surface area contributed by atoms with Crippen molar-refractivity contribution < 1.29 is 24.4 Å². The van der Waals surface area contributed by atoms with E-state index in [1.807, 2.05) is 17.9 Å². The van der Waals surface area contributed by atoms with Crippen LogP contribution in [0.4, 0.5) is 0 Å². The predicted octanol–water partition coefficient (Wildman–Crippen LogP) is 0.656. The summed E-state index contributed by atoms with van der Waals surface area (Å²) < 4.78 is 4.85. The Kier molecular flexibility index (Phi) is 3.70. The number of carboxylic acids is 1. The fourth-order valence-electron chi connectivity index (χ4n) is 3.54. The lowest BCUT2D eigenvalue weighted by atomic mass is 9.92. The number of carboxylic acid groups (broad SMARTS) is 1. The molecular weight excluding hydrogens is 350 g/mol. The first-order chi connectivity index (χ1) is 11.4. The molecule has 24 heavy (non-hydrogen) atoms. The monoisotopic (exact) mass is 368 g/mol. The molecule has 0 radical (unpaired) electrons. The summed E-state index contributed by atoms with van der Waals surface area (Å²) in [6.07, 6.45) is 4.26. The Morgan fingerprint density at radius 3 is 2.96 bits per heavy atom. The van der Waals surface area contributed by atoms with Gasteiger partial charge in [-0.1, -0.05) is 11.8 Å². The molecule has 0 spiro atoms. The zero-order chi connectivity index (χ0) is 17.2. The molecular formula is C15H18N3O4S2+. The van der Waals surface area contributed by atoms with Crippen molar-refractivity contribution in [1.82, 2.24) is 9.47 Å². The van der Waals surface area contributed by atoms with Crippen LogP contribution in [0.5, 0.6) is 0 Å². The molecule has 3 aliphatic heterocycles. The van der Waals surface area contributed by atoms with Crippen LogP contribution in [-0.2, 0) is 23.2 Å². The van der Waals surface area contributed by atoms with Gasteiger partial charge in [0.2, 0.25) is 12.2 Å². The maximum atomic E-state index is 12.2. The summed E-state index contributed by atoms with van der Waals surface area (Å²) in [5, 5.41) is 19.2. The van der Waals surface area contributed by atoms with Gasteiger partial charge in [0.15, 0.2) is 11.4 Å². The molecule has 4 atom stereocenters. The van der Waals surface area contributed by atoms with Crippen LogP contribution in [0.2, 0.25) is 0 Å². The van der Waals surface area contributed by atoms with E-state index < -0.39 is 18.0 Å². The molecule has 9 heteroatoms. The van der Waals surface area contributed by atoms with Crippen LogP contribution in [0.1, 0.15) is 24.3 Å². The normalized spacial score (nSPS) is 29.5. The number of aliphatic carboxylic acids is 1. The molecule has 1 aromatic rings. The molecule has 1 fully saturated rings. The molecule has 3 aliphatic rings. The van der Waals surface area contributed by atoms with Gasteiger partial charge in [0, 0.05) is 6.42 Å². The number of aromatic nitrogens is 2. The third-order valence-electron chi connectivity index (χ3n) is 4.67.